The Morgan fingerprint density at radius 2 is 1.82 bits per heavy atom. The lowest BCUT2D eigenvalue weighted by Gasteiger charge is -2.37. The number of halogens is 1. The molecule has 28 heavy (non-hydrogen) atoms. The predicted molar refractivity (Wildman–Crippen MR) is 108 cm³/mol. The highest BCUT2D eigenvalue weighted by molar-refractivity contribution is 5.94. The molecule has 1 aliphatic rings. The number of anilines is 2. The monoisotopic (exact) mass is 383 g/mol. The van der Waals surface area contributed by atoms with Gasteiger partial charge in [-0.3, -0.25) is 9.59 Å². The summed E-state index contributed by atoms with van der Waals surface area (Å²) in [4.78, 5) is 24.7. The molecule has 0 aliphatic heterocycles. The average molecular weight is 383 g/mol. The lowest BCUT2D eigenvalue weighted by molar-refractivity contribution is -0.122. The van der Waals surface area contributed by atoms with E-state index in [0.29, 0.717) is 5.69 Å². The summed E-state index contributed by atoms with van der Waals surface area (Å²) in [7, 11) is 0. The van der Waals surface area contributed by atoms with E-state index in [2.05, 4.69) is 10.6 Å². The Morgan fingerprint density at radius 3 is 2.50 bits per heavy atom. The summed E-state index contributed by atoms with van der Waals surface area (Å²) in [6.07, 6.45) is 3.84. The van der Waals surface area contributed by atoms with Crippen molar-refractivity contribution in [2.75, 3.05) is 10.6 Å². The van der Waals surface area contributed by atoms with Gasteiger partial charge in [0, 0.05) is 11.2 Å². The summed E-state index contributed by atoms with van der Waals surface area (Å²) >= 11 is 0. The van der Waals surface area contributed by atoms with Crippen molar-refractivity contribution < 1.29 is 14.0 Å². The highest BCUT2D eigenvalue weighted by Crippen LogP contribution is 2.32. The first-order valence-electron chi connectivity index (χ1n) is 9.58. The summed E-state index contributed by atoms with van der Waals surface area (Å²) in [6, 6.07) is 13.1. The number of benzene rings is 2. The maximum absolute atomic E-state index is 13.6. The molecule has 1 fully saturated rings. The first-order valence-corrected chi connectivity index (χ1v) is 9.58. The van der Waals surface area contributed by atoms with E-state index in [9.17, 15) is 14.0 Å². The first kappa shape index (κ1) is 20.0. The molecule has 0 radical (unpaired) electrons. The summed E-state index contributed by atoms with van der Waals surface area (Å²) in [6.45, 7) is 1.94. The van der Waals surface area contributed by atoms with Crippen molar-refractivity contribution in [1.82, 2.24) is 0 Å². The van der Waals surface area contributed by atoms with Gasteiger partial charge in [-0.25, -0.2) is 4.39 Å². The predicted octanol–water partition coefficient (Wildman–Crippen LogP) is 3.85. The molecule has 3 rings (SSSR count). The summed E-state index contributed by atoms with van der Waals surface area (Å²) in [5, 5.41) is 5.49. The van der Waals surface area contributed by atoms with E-state index in [1.807, 2.05) is 6.92 Å². The second kappa shape index (κ2) is 8.52. The molecule has 2 atom stereocenters. The van der Waals surface area contributed by atoms with Gasteiger partial charge in [-0.15, -0.1) is 0 Å². The fourth-order valence-corrected chi connectivity index (χ4v) is 3.67. The van der Waals surface area contributed by atoms with E-state index in [-0.39, 0.29) is 29.8 Å². The minimum Gasteiger partial charge on any atom is -0.326 e. The van der Waals surface area contributed by atoms with Gasteiger partial charge < -0.3 is 16.4 Å². The Kier molecular flexibility index (Phi) is 6.09. The molecule has 2 amide bonds. The van der Waals surface area contributed by atoms with Crippen molar-refractivity contribution in [2.24, 2.45) is 11.7 Å². The van der Waals surface area contributed by atoms with Crippen molar-refractivity contribution in [3.8, 4) is 0 Å². The normalized spacial score (nSPS) is 21.8. The van der Waals surface area contributed by atoms with E-state index in [4.69, 9.17) is 5.73 Å². The number of hydrogen-bond acceptors (Lipinski definition) is 3. The zero-order valence-corrected chi connectivity index (χ0v) is 16.0. The fraction of sp³-hybridized carbons (Fsp3) is 0.364. The summed E-state index contributed by atoms with van der Waals surface area (Å²) < 4.78 is 13.6. The van der Waals surface area contributed by atoms with Gasteiger partial charge in [-0.1, -0.05) is 37.1 Å². The lowest BCUT2D eigenvalue weighted by Crippen LogP contribution is -2.51. The highest BCUT2D eigenvalue weighted by Gasteiger charge is 2.37. The molecule has 5 nitrogen and oxygen atoms in total. The maximum atomic E-state index is 13.6. The third-order valence-corrected chi connectivity index (χ3v) is 5.30. The zero-order valence-electron chi connectivity index (χ0n) is 16.0. The molecule has 148 valence electrons. The van der Waals surface area contributed by atoms with Gasteiger partial charge in [-0.2, -0.15) is 0 Å². The Hall–Kier alpha value is -2.73. The van der Waals surface area contributed by atoms with Gasteiger partial charge in [0.2, 0.25) is 11.8 Å². The van der Waals surface area contributed by atoms with Gasteiger partial charge >= 0.3 is 0 Å². The van der Waals surface area contributed by atoms with Gasteiger partial charge in [0.05, 0.1) is 18.0 Å². The second-order valence-corrected chi connectivity index (χ2v) is 7.70. The molecule has 0 heterocycles. The largest absolute Gasteiger partial charge is 0.326 e. The number of hydrogen-bond donors (Lipinski definition) is 3. The van der Waals surface area contributed by atoms with Crippen LogP contribution in [0.3, 0.4) is 0 Å². The molecular weight excluding hydrogens is 357 g/mol. The van der Waals surface area contributed by atoms with Crippen molar-refractivity contribution in [2.45, 2.75) is 44.6 Å². The second-order valence-electron chi connectivity index (χ2n) is 7.70. The Bertz CT molecular complexity index is 849. The lowest BCUT2D eigenvalue weighted by atomic mass is 9.74. The van der Waals surface area contributed by atoms with Crippen molar-refractivity contribution >= 4 is 23.2 Å². The molecule has 0 aromatic heterocycles. The van der Waals surface area contributed by atoms with Crippen LogP contribution in [0, 0.1) is 11.7 Å². The van der Waals surface area contributed by atoms with Crippen LogP contribution >= 0.6 is 0 Å². The maximum Gasteiger partial charge on any atom is 0.229 e. The highest BCUT2D eigenvalue weighted by atomic mass is 19.1. The number of para-hydroxylation sites is 1. The van der Waals surface area contributed by atoms with Crippen LogP contribution in [0.2, 0.25) is 0 Å². The molecule has 2 aromatic rings. The van der Waals surface area contributed by atoms with Gasteiger partial charge in [0.25, 0.3) is 0 Å². The average Bonchev–Trinajstić information content (AvgIpc) is 2.65. The van der Waals surface area contributed by atoms with E-state index < -0.39 is 11.4 Å². The van der Waals surface area contributed by atoms with Crippen molar-refractivity contribution in [1.29, 1.82) is 0 Å². The van der Waals surface area contributed by atoms with Crippen molar-refractivity contribution in [3.63, 3.8) is 0 Å². The quantitative estimate of drug-likeness (QED) is 0.733. The van der Waals surface area contributed by atoms with E-state index in [0.717, 1.165) is 31.2 Å². The van der Waals surface area contributed by atoms with Gasteiger partial charge in [0.1, 0.15) is 5.82 Å². The zero-order chi connectivity index (χ0) is 20.1. The van der Waals surface area contributed by atoms with Crippen LogP contribution in [-0.2, 0) is 16.0 Å². The molecule has 0 spiro atoms. The number of nitrogens with one attached hydrogen (secondary N) is 2. The van der Waals surface area contributed by atoms with Gasteiger partial charge in [0.15, 0.2) is 0 Å². The molecule has 1 saturated carbocycles. The number of rotatable bonds is 5. The van der Waals surface area contributed by atoms with Crippen LogP contribution in [0.5, 0.6) is 0 Å². The number of nitrogens with two attached hydrogens (primary N) is 1. The van der Waals surface area contributed by atoms with Crippen LogP contribution in [0.1, 0.15) is 38.2 Å². The Morgan fingerprint density at radius 1 is 1.11 bits per heavy atom. The van der Waals surface area contributed by atoms with Crippen LogP contribution < -0.4 is 16.4 Å². The molecule has 2 unspecified atom stereocenters. The topological polar surface area (TPSA) is 84.2 Å². The Balaban J connectivity index is 1.57. The minimum atomic E-state index is -0.479. The molecular formula is C22H26FN3O2. The van der Waals surface area contributed by atoms with Gasteiger partial charge in [-0.05, 0) is 49.6 Å². The fourth-order valence-electron chi connectivity index (χ4n) is 3.67. The molecule has 0 bridgehead atoms. The van der Waals surface area contributed by atoms with Crippen LogP contribution in [0.15, 0.2) is 48.5 Å². The van der Waals surface area contributed by atoms with E-state index in [1.54, 1.807) is 36.4 Å². The molecule has 1 aliphatic carbocycles. The smallest absolute Gasteiger partial charge is 0.229 e. The first-order chi connectivity index (χ1) is 13.3. The van der Waals surface area contributed by atoms with Crippen LogP contribution in [0.4, 0.5) is 15.8 Å². The SMILES string of the molecule is CC1(N)CCCCC1C(=O)Nc1ccc(CC(=O)Nc2ccccc2F)cc1. The third-order valence-electron chi connectivity index (χ3n) is 5.30. The van der Waals surface area contributed by atoms with Crippen LogP contribution in [0.25, 0.3) is 0 Å². The Labute approximate surface area is 164 Å². The summed E-state index contributed by atoms with van der Waals surface area (Å²) in [5.74, 6) is -1.03. The molecule has 2 aromatic carbocycles. The molecule has 4 N–H and O–H groups in total. The third kappa shape index (κ3) is 4.95. The molecule has 0 saturated heterocycles. The number of carbonyl (C=O) groups is 2. The minimum absolute atomic E-state index is 0.0604. The van der Waals surface area contributed by atoms with Crippen molar-refractivity contribution in [3.05, 3.63) is 59.9 Å². The standard InChI is InChI=1S/C22H26FN3O2/c1-22(24)13-5-4-6-17(22)21(28)25-16-11-9-15(10-12-16)14-20(27)26-19-8-3-2-7-18(19)23/h2-3,7-12,17H,4-6,13-14,24H2,1H3,(H,25,28)(H,26,27). The number of carbonyl (C=O) groups excluding carboxylic acids is 2. The molecule has 6 heteroatoms. The van der Waals surface area contributed by atoms with E-state index in [1.165, 1.54) is 12.1 Å². The number of amides is 2. The van der Waals surface area contributed by atoms with E-state index >= 15 is 0 Å². The summed E-state index contributed by atoms with van der Waals surface area (Å²) in [5.41, 5.74) is 7.42. The van der Waals surface area contributed by atoms with Crippen LogP contribution in [-0.4, -0.2) is 17.4 Å².